The summed E-state index contributed by atoms with van der Waals surface area (Å²) >= 11 is 0. The van der Waals surface area contributed by atoms with Gasteiger partial charge in [-0.15, -0.1) is 0 Å². The van der Waals surface area contributed by atoms with E-state index in [1.165, 1.54) is 5.56 Å². The highest BCUT2D eigenvalue weighted by atomic mass is 16.2. The lowest BCUT2D eigenvalue weighted by atomic mass is 10.0. The van der Waals surface area contributed by atoms with Crippen LogP contribution in [0.4, 0.5) is 5.69 Å². The third-order valence-corrected chi connectivity index (χ3v) is 6.31. The van der Waals surface area contributed by atoms with Crippen LogP contribution >= 0.6 is 0 Å². The first kappa shape index (κ1) is 22.7. The van der Waals surface area contributed by atoms with Gasteiger partial charge in [-0.1, -0.05) is 60.7 Å². The first-order chi connectivity index (χ1) is 16.1. The average molecular weight is 439 g/mol. The molecule has 1 unspecified atom stereocenters. The van der Waals surface area contributed by atoms with Gasteiger partial charge in [0.1, 0.15) is 0 Å². The summed E-state index contributed by atoms with van der Waals surface area (Å²) in [6.07, 6.45) is 1.02. The number of hydrogen-bond donors (Lipinski definition) is 1. The molecule has 1 amide bonds. The number of carbonyl (C=O) groups is 1. The fraction of sp³-hybridized carbons (Fsp3) is 0.286. The van der Waals surface area contributed by atoms with Gasteiger partial charge >= 0.3 is 0 Å². The van der Waals surface area contributed by atoms with Crippen LogP contribution in [0.15, 0.2) is 78.9 Å². The highest BCUT2D eigenvalue weighted by Crippen LogP contribution is 2.28. The Kier molecular flexibility index (Phi) is 7.51. The van der Waals surface area contributed by atoms with Gasteiger partial charge in [0.25, 0.3) is 0 Å². The van der Waals surface area contributed by atoms with E-state index in [1.54, 1.807) is 0 Å². The predicted molar refractivity (Wildman–Crippen MR) is 133 cm³/mol. The van der Waals surface area contributed by atoms with Crippen molar-refractivity contribution in [3.63, 3.8) is 0 Å². The van der Waals surface area contributed by atoms with Gasteiger partial charge < -0.3 is 5.32 Å². The van der Waals surface area contributed by atoms with Gasteiger partial charge in [0, 0.05) is 37.4 Å². The summed E-state index contributed by atoms with van der Waals surface area (Å²) in [6.45, 7) is 6.53. The van der Waals surface area contributed by atoms with Gasteiger partial charge in [-0.05, 0) is 49.2 Å². The van der Waals surface area contributed by atoms with E-state index in [1.807, 2.05) is 73.7 Å². The van der Waals surface area contributed by atoms with Crippen LogP contribution in [-0.2, 0) is 11.3 Å². The third kappa shape index (κ3) is 5.87. The summed E-state index contributed by atoms with van der Waals surface area (Å²) in [5.74, 6) is 0.0268. The maximum atomic E-state index is 13.1. The minimum atomic E-state index is -0.205. The molecule has 4 rings (SSSR count). The van der Waals surface area contributed by atoms with Crippen molar-refractivity contribution in [3.05, 3.63) is 90.0 Å². The number of benzene rings is 3. The Hall–Kier alpha value is -3.46. The quantitative estimate of drug-likeness (QED) is 0.603. The molecule has 1 fully saturated rings. The van der Waals surface area contributed by atoms with E-state index in [2.05, 4.69) is 33.3 Å². The molecule has 0 radical (unpaired) electrons. The molecule has 0 spiro atoms. The largest absolute Gasteiger partial charge is 0.324 e. The number of nitrogens with one attached hydrogen (secondary N) is 1. The van der Waals surface area contributed by atoms with Crippen molar-refractivity contribution in [2.24, 2.45) is 0 Å². The zero-order valence-corrected chi connectivity index (χ0v) is 19.1. The van der Waals surface area contributed by atoms with Crippen molar-refractivity contribution in [1.29, 1.82) is 5.26 Å². The molecule has 3 aromatic rings. The Morgan fingerprint density at radius 2 is 1.67 bits per heavy atom. The van der Waals surface area contributed by atoms with Crippen molar-refractivity contribution in [1.82, 2.24) is 9.80 Å². The molecule has 33 heavy (non-hydrogen) atoms. The van der Waals surface area contributed by atoms with Crippen molar-refractivity contribution in [2.75, 3.05) is 31.5 Å². The monoisotopic (exact) mass is 438 g/mol. The molecule has 1 heterocycles. The fourth-order valence-corrected chi connectivity index (χ4v) is 4.34. The molecule has 0 bridgehead atoms. The summed E-state index contributed by atoms with van der Waals surface area (Å²) in [5, 5.41) is 12.1. The Morgan fingerprint density at radius 1 is 0.939 bits per heavy atom. The van der Waals surface area contributed by atoms with Gasteiger partial charge in [0.15, 0.2) is 0 Å². The molecule has 5 nitrogen and oxygen atoms in total. The lowest BCUT2D eigenvalue weighted by Gasteiger charge is -2.27. The summed E-state index contributed by atoms with van der Waals surface area (Å²) in [5.41, 5.74) is 4.87. The lowest BCUT2D eigenvalue weighted by molar-refractivity contribution is -0.120. The normalized spacial score (nSPS) is 15.9. The lowest BCUT2D eigenvalue weighted by Crippen LogP contribution is -2.43. The van der Waals surface area contributed by atoms with Crippen molar-refractivity contribution < 1.29 is 4.79 Å². The number of nitriles is 1. The molecular weight excluding hydrogens is 408 g/mol. The second kappa shape index (κ2) is 10.9. The molecule has 0 saturated carbocycles. The number of nitrogens with zero attached hydrogens (tertiary/aromatic N) is 3. The summed E-state index contributed by atoms with van der Waals surface area (Å²) in [6, 6.07) is 27.9. The van der Waals surface area contributed by atoms with Crippen LogP contribution in [0.1, 0.15) is 24.5 Å². The van der Waals surface area contributed by atoms with Gasteiger partial charge in [0.05, 0.1) is 17.7 Å². The second-order valence-corrected chi connectivity index (χ2v) is 8.55. The van der Waals surface area contributed by atoms with Crippen molar-refractivity contribution in [2.45, 2.75) is 25.9 Å². The van der Waals surface area contributed by atoms with Crippen LogP contribution in [-0.4, -0.2) is 47.9 Å². The smallest absolute Gasteiger partial charge is 0.241 e. The molecule has 5 heteroatoms. The number of para-hydroxylation sites is 1. The SMILES string of the molecule is CC(C(=O)Nc1ccccc1-c1ccccc1)N1CCCN(Cc2ccc(C#N)cc2)CC1. The van der Waals surface area contributed by atoms with E-state index in [0.29, 0.717) is 5.56 Å². The van der Waals surface area contributed by atoms with Crippen LogP contribution in [0.2, 0.25) is 0 Å². The highest BCUT2D eigenvalue weighted by Gasteiger charge is 2.24. The van der Waals surface area contributed by atoms with Crippen LogP contribution < -0.4 is 5.32 Å². The van der Waals surface area contributed by atoms with Crippen LogP contribution in [0, 0.1) is 11.3 Å². The highest BCUT2D eigenvalue weighted by molar-refractivity contribution is 5.98. The van der Waals surface area contributed by atoms with Gasteiger partial charge in [0.2, 0.25) is 5.91 Å². The maximum absolute atomic E-state index is 13.1. The molecule has 1 N–H and O–H groups in total. The van der Waals surface area contributed by atoms with Crippen LogP contribution in [0.5, 0.6) is 0 Å². The molecule has 1 aliphatic rings. The fourth-order valence-electron chi connectivity index (χ4n) is 4.34. The average Bonchev–Trinajstić information content (AvgIpc) is 3.10. The van der Waals surface area contributed by atoms with E-state index in [4.69, 9.17) is 5.26 Å². The number of anilines is 1. The number of rotatable bonds is 6. The van der Waals surface area contributed by atoms with E-state index in [9.17, 15) is 4.79 Å². The summed E-state index contributed by atoms with van der Waals surface area (Å²) in [4.78, 5) is 17.9. The van der Waals surface area contributed by atoms with Gasteiger partial charge in [-0.2, -0.15) is 5.26 Å². The van der Waals surface area contributed by atoms with E-state index in [-0.39, 0.29) is 11.9 Å². The summed E-state index contributed by atoms with van der Waals surface area (Å²) < 4.78 is 0. The molecule has 0 aromatic heterocycles. The first-order valence-corrected chi connectivity index (χ1v) is 11.5. The van der Waals surface area contributed by atoms with Gasteiger partial charge in [-0.3, -0.25) is 14.6 Å². The zero-order chi connectivity index (χ0) is 23.0. The molecule has 1 aliphatic heterocycles. The molecule has 1 atom stereocenters. The molecule has 1 saturated heterocycles. The Bertz CT molecular complexity index is 1100. The second-order valence-electron chi connectivity index (χ2n) is 8.55. The third-order valence-electron chi connectivity index (χ3n) is 6.31. The van der Waals surface area contributed by atoms with Crippen LogP contribution in [0.3, 0.4) is 0 Å². The number of amides is 1. The van der Waals surface area contributed by atoms with Crippen molar-refractivity contribution >= 4 is 11.6 Å². The number of carbonyl (C=O) groups excluding carboxylic acids is 1. The standard InChI is InChI=1S/C28H30N4O/c1-22(28(33)30-27-11-6-5-10-26(27)25-8-3-2-4-9-25)32-17-7-16-31(18-19-32)21-24-14-12-23(20-29)13-15-24/h2-6,8-15,22H,7,16-19,21H2,1H3,(H,30,33). The van der Waals surface area contributed by atoms with Crippen molar-refractivity contribution in [3.8, 4) is 17.2 Å². The van der Waals surface area contributed by atoms with Crippen LogP contribution in [0.25, 0.3) is 11.1 Å². The molecule has 168 valence electrons. The number of hydrogen-bond acceptors (Lipinski definition) is 4. The minimum absolute atomic E-state index is 0.0268. The van der Waals surface area contributed by atoms with Gasteiger partial charge in [-0.25, -0.2) is 0 Å². The molecule has 0 aliphatic carbocycles. The Labute approximate surface area is 196 Å². The van der Waals surface area contributed by atoms with E-state index in [0.717, 1.165) is 56.0 Å². The topological polar surface area (TPSA) is 59.4 Å². The first-order valence-electron chi connectivity index (χ1n) is 11.5. The van der Waals surface area contributed by atoms with E-state index < -0.39 is 0 Å². The predicted octanol–water partition coefficient (Wildman–Crippen LogP) is 4.76. The molecular formula is C28H30N4O. The zero-order valence-electron chi connectivity index (χ0n) is 19.1. The Morgan fingerprint density at radius 3 is 2.42 bits per heavy atom. The van der Waals surface area contributed by atoms with E-state index >= 15 is 0 Å². The Balaban J connectivity index is 1.36. The minimum Gasteiger partial charge on any atom is -0.324 e. The maximum Gasteiger partial charge on any atom is 0.241 e. The molecule has 3 aromatic carbocycles. The summed E-state index contributed by atoms with van der Waals surface area (Å²) in [7, 11) is 0.